The molecule has 0 atom stereocenters. The molecule has 134 valence electrons. The van der Waals surface area contributed by atoms with Gasteiger partial charge >= 0.3 is 0 Å². The second-order valence-corrected chi connectivity index (χ2v) is 7.50. The lowest BCUT2D eigenvalue weighted by Crippen LogP contribution is -2.42. The van der Waals surface area contributed by atoms with Crippen LogP contribution in [0.1, 0.15) is 59.9 Å². The Kier molecular flexibility index (Phi) is 5.00. The maximum Gasteiger partial charge on any atom is 0.255 e. The van der Waals surface area contributed by atoms with E-state index in [1.165, 1.54) is 5.56 Å². The van der Waals surface area contributed by atoms with Crippen LogP contribution in [0.3, 0.4) is 0 Å². The number of hydrogen-bond acceptors (Lipinski definition) is 2. The number of nitrogens with two attached hydrogens (primary N) is 1. The number of benzene rings is 1. The molecule has 3 rings (SSSR count). The highest BCUT2D eigenvalue weighted by Crippen LogP contribution is 2.24. The summed E-state index contributed by atoms with van der Waals surface area (Å²) in [5, 5.41) is 0. The van der Waals surface area contributed by atoms with Gasteiger partial charge < -0.3 is 15.2 Å². The predicted octanol–water partition coefficient (Wildman–Crippen LogP) is 3.78. The number of nitrogens with zero attached hydrogens (tertiary/aromatic N) is 2. The van der Waals surface area contributed by atoms with Crippen LogP contribution in [0.25, 0.3) is 5.69 Å². The highest BCUT2D eigenvalue weighted by molar-refractivity contribution is 5.96. The van der Waals surface area contributed by atoms with Crippen LogP contribution in [0.4, 0.5) is 0 Å². The second kappa shape index (κ2) is 7.04. The van der Waals surface area contributed by atoms with Crippen molar-refractivity contribution in [2.75, 3.05) is 13.1 Å². The molecule has 1 amide bonds. The molecule has 4 nitrogen and oxygen atoms in total. The van der Waals surface area contributed by atoms with Crippen LogP contribution in [-0.4, -0.2) is 34.5 Å². The van der Waals surface area contributed by atoms with Gasteiger partial charge in [0.1, 0.15) is 0 Å². The molecule has 25 heavy (non-hydrogen) atoms. The van der Waals surface area contributed by atoms with Crippen LogP contribution >= 0.6 is 0 Å². The standard InChI is InChI=1S/C21H29N3O/c1-14(2)17-5-7-19(8-6-17)24-15(3)13-20(16(24)4)21(25)23-11-9-18(22)10-12-23/h5-8,13-14,18H,9-12,22H2,1-4H3. The summed E-state index contributed by atoms with van der Waals surface area (Å²) in [5.74, 6) is 0.647. The molecule has 1 aromatic carbocycles. The van der Waals surface area contributed by atoms with Crippen molar-refractivity contribution in [3.05, 3.63) is 52.8 Å². The average molecular weight is 339 g/mol. The number of rotatable bonds is 3. The highest BCUT2D eigenvalue weighted by atomic mass is 16.2. The molecular formula is C21H29N3O. The Morgan fingerprint density at radius 2 is 1.72 bits per heavy atom. The summed E-state index contributed by atoms with van der Waals surface area (Å²) >= 11 is 0. The largest absolute Gasteiger partial charge is 0.338 e. The molecule has 0 saturated carbocycles. The minimum atomic E-state index is 0.130. The molecule has 1 aliphatic rings. The number of amides is 1. The number of piperidine rings is 1. The Balaban J connectivity index is 1.89. The molecular weight excluding hydrogens is 310 g/mol. The first-order valence-corrected chi connectivity index (χ1v) is 9.22. The number of carbonyl (C=O) groups excluding carboxylic acids is 1. The summed E-state index contributed by atoms with van der Waals surface area (Å²) in [6.45, 7) is 10.0. The summed E-state index contributed by atoms with van der Waals surface area (Å²) in [5.41, 5.74) is 11.3. The maximum atomic E-state index is 12.9. The minimum Gasteiger partial charge on any atom is -0.338 e. The van der Waals surface area contributed by atoms with Crippen LogP contribution in [0, 0.1) is 13.8 Å². The van der Waals surface area contributed by atoms with E-state index in [4.69, 9.17) is 5.73 Å². The SMILES string of the molecule is Cc1cc(C(=O)N2CCC(N)CC2)c(C)n1-c1ccc(C(C)C)cc1. The predicted molar refractivity (Wildman–Crippen MR) is 102 cm³/mol. The summed E-state index contributed by atoms with van der Waals surface area (Å²) in [6.07, 6.45) is 1.78. The molecule has 1 saturated heterocycles. The summed E-state index contributed by atoms with van der Waals surface area (Å²) in [7, 11) is 0. The first-order valence-electron chi connectivity index (χ1n) is 9.22. The molecule has 0 radical (unpaired) electrons. The van der Waals surface area contributed by atoms with Crippen LogP contribution < -0.4 is 5.73 Å². The Morgan fingerprint density at radius 1 is 1.12 bits per heavy atom. The molecule has 0 aliphatic carbocycles. The van der Waals surface area contributed by atoms with Crippen LogP contribution in [0.2, 0.25) is 0 Å². The van der Waals surface area contributed by atoms with Crippen molar-refractivity contribution >= 4 is 5.91 Å². The molecule has 0 spiro atoms. The first kappa shape index (κ1) is 17.7. The van der Waals surface area contributed by atoms with Gasteiger partial charge in [-0.1, -0.05) is 26.0 Å². The molecule has 1 fully saturated rings. The van der Waals surface area contributed by atoms with Gasteiger partial charge in [0.2, 0.25) is 0 Å². The van der Waals surface area contributed by atoms with Crippen molar-refractivity contribution in [1.29, 1.82) is 0 Å². The van der Waals surface area contributed by atoms with E-state index in [0.29, 0.717) is 5.92 Å². The van der Waals surface area contributed by atoms with Crippen LogP contribution in [0.15, 0.2) is 30.3 Å². The third-order valence-electron chi connectivity index (χ3n) is 5.31. The summed E-state index contributed by atoms with van der Waals surface area (Å²) < 4.78 is 2.17. The highest BCUT2D eigenvalue weighted by Gasteiger charge is 2.25. The van der Waals surface area contributed by atoms with Gasteiger partial charge in [-0.15, -0.1) is 0 Å². The number of aromatic nitrogens is 1. The third kappa shape index (κ3) is 3.49. The quantitative estimate of drug-likeness (QED) is 0.925. The molecule has 0 unspecified atom stereocenters. The lowest BCUT2D eigenvalue weighted by molar-refractivity contribution is 0.0714. The smallest absolute Gasteiger partial charge is 0.255 e. The van der Waals surface area contributed by atoms with Gasteiger partial charge in [-0.3, -0.25) is 4.79 Å². The van der Waals surface area contributed by atoms with Crippen molar-refractivity contribution < 1.29 is 4.79 Å². The fourth-order valence-electron chi connectivity index (χ4n) is 3.66. The van der Waals surface area contributed by atoms with E-state index in [1.54, 1.807) is 0 Å². The van der Waals surface area contributed by atoms with Crippen molar-refractivity contribution in [2.24, 2.45) is 5.73 Å². The first-order chi connectivity index (χ1) is 11.9. The van der Waals surface area contributed by atoms with Crippen LogP contribution in [-0.2, 0) is 0 Å². The Hall–Kier alpha value is -2.07. The van der Waals surface area contributed by atoms with Gasteiger partial charge in [0.05, 0.1) is 5.56 Å². The van der Waals surface area contributed by atoms with E-state index in [0.717, 1.165) is 48.6 Å². The van der Waals surface area contributed by atoms with E-state index in [9.17, 15) is 4.79 Å². The molecule has 4 heteroatoms. The van der Waals surface area contributed by atoms with Gasteiger partial charge in [-0.05, 0) is 56.4 Å². The zero-order chi connectivity index (χ0) is 18.1. The normalized spacial score (nSPS) is 15.8. The van der Waals surface area contributed by atoms with Crippen molar-refractivity contribution in [3.8, 4) is 5.69 Å². The maximum absolute atomic E-state index is 12.9. The van der Waals surface area contributed by atoms with E-state index in [-0.39, 0.29) is 11.9 Å². The van der Waals surface area contributed by atoms with Gasteiger partial charge in [0.15, 0.2) is 0 Å². The van der Waals surface area contributed by atoms with Crippen molar-refractivity contribution in [1.82, 2.24) is 9.47 Å². The monoisotopic (exact) mass is 339 g/mol. The van der Waals surface area contributed by atoms with Gasteiger partial charge in [-0.25, -0.2) is 0 Å². The molecule has 2 heterocycles. The van der Waals surface area contributed by atoms with E-state index in [2.05, 4.69) is 49.6 Å². The number of hydrogen-bond donors (Lipinski definition) is 1. The third-order valence-corrected chi connectivity index (χ3v) is 5.31. The van der Waals surface area contributed by atoms with E-state index >= 15 is 0 Å². The molecule has 2 N–H and O–H groups in total. The lowest BCUT2D eigenvalue weighted by Gasteiger charge is -2.30. The van der Waals surface area contributed by atoms with Gasteiger partial charge in [0.25, 0.3) is 5.91 Å². The number of aryl methyl sites for hydroxylation is 1. The average Bonchev–Trinajstić information content (AvgIpc) is 2.89. The Bertz CT molecular complexity index is 750. The molecule has 1 aromatic heterocycles. The fourth-order valence-corrected chi connectivity index (χ4v) is 3.66. The van der Waals surface area contributed by atoms with Crippen LogP contribution in [0.5, 0.6) is 0 Å². The second-order valence-electron chi connectivity index (χ2n) is 7.50. The topological polar surface area (TPSA) is 51.3 Å². The molecule has 0 bridgehead atoms. The summed E-state index contributed by atoms with van der Waals surface area (Å²) in [6, 6.07) is 10.9. The lowest BCUT2D eigenvalue weighted by atomic mass is 10.0. The Labute approximate surface area is 150 Å². The zero-order valence-electron chi connectivity index (χ0n) is 15.7. The minimum absolute atomic E-state index is 0.130. The van der Waals surface area contributed by atoms with Gasteiger partial charge in [-0.2, -0.15) is 0 Å². The zero-order valence-corrected chi connectivity index (χ0v) is 15.7. The van der Waals surface area contributed by atoms with Crippen molar-refractivity contribution in [3.63, 3.8) is 0 Å². The Morgan fingerprint density at radius 3 is 2.28 bits per heavy atom. The number of likely N-dealkylation sites (tertiary alicyclic amines) is 1. The number of carbonyl (C=O) groups is 1. The molecule has 1 aliphatic heterocycles. The fraction of sp³-hybridized carbons (Fsp3) is 0.476. The summed E-state index contributed by atoms with van der Waals surface area (Å²) in [4.78, 5) is 14.9. The van der Waals surface area contributed by atoms with Gasteiger partial charge in [0, 0.05) is 36.2 Å². The molecule has 2 aromatic rings. The van der Waals surface area contributed by atoms with E-state index in [1.807, 2.05) is 17.9 Å². The van der Waals surface area contributed by atoms with Crippen molar-refractivity contribution in [2.45, 2.75) is 52.5 Å². The van der Waals surface area contributed by atoms with E-state index < -0.39 is 0 Å².